The van der Waals surface area contributed by atoms with Crippen LogP contribution in [0.5, 0.6) is 0 Å². The van der Waals surface area contributed by atoms with Gasteiger partial charge in [0.1, 0.15) is 11.2 Å². The van der Waals surface area contributed by atoms with E-state index < -0.39 is 17.3 Å². The fraction of sp³-hybridized carbons (Fsp3) is 0.522. The summed E-state index contributed by atoms with van der Waals surface area (Å²) in [5.74, 6) is -0.217. The molecule has 174 valence electrons. The summed E-state index contributed by atoms with van der Waals surface area (Å²) in [6.45, 7) is 12.3. The summed E-state index contributed by atoms with van der Waals surface area (Å²) in [5, 5.41) is 0.615. The summed E-state index contributed by atoms with van der Waals surface area (Å²) in [7, 11) is 0. The lowest BCUT2D eigenvalue weighted by atomic mass is 10.1. The Balaban J connectivity index is 1.82. The molecular formula is C23H32N4O5. The SMILES string of the molecule is CC(C)(C)OC(=O)N1CCN(C(=O)c2cn(C(=O)OC(C)(C)C)c3cc(N)ccc23)CC1. The molecule has 1 aliphatic rings. The number of nitrogens with two attached hydrogens (primary N) is 1. The molecule has 1 aromatic heterocycles. The van der Waals surface area contributed by atoms with E-state index in [0.29, 0.717) is 48.3 Å². The zero-order chi connectivity index (χ0) is 23.8. The fourth-order valence-electron chi connectivity index (χ4n) is 3.47. The summed E-state index contributed by atoms with van der Waals surface area (Å²) in [6.07, 6.45) is 0.532. The highest BCUT2D eigenvalue weighted by Crippen LogP contribution is 2.26. The van der Waals surface area contributed by atoms with E-state index in [9.17, 15) is 14.4 Å². The van der Waals surface area contributed by atoms with Gasteiger partial charge in [0.2, 0.25) is 0 Å². The second kappa shape index (κ2) is 8.37. The maximum absolute atomic E-state index is 13.3. The number of nitrogen functional groups attached to an aromatic ring is 1. The number of carbonyl (C=O) groups is 3. The molecule has 0 atom stereocenters. The number of fused-ring (bicyclic) bond motifs is 1. The van der Waals surface area contributed by atoms with Crippen molar-refractivity contribution >= 4 is 34.7 Å². The lowest BCUT2D eigenvalue weighted by Crippen LogP contribution is -2.51. The predicted molar refractivity (Wildman–Crippen MR) is 122 cm³/mol. The molecule has 2 heterocycles. The third-order valence-electron chi connectivity index (χ3n) is 4.87. The summed E-state index contributed by atoms with van der Waals surface area (Å²) in [5.41, 5.74) is 6.04. The number of rotatable bonds is 1. The standard InChI is InChI=1S/C23H32N4O5/c1-22(2,3)31-20(29)26-11-9-25(10-12-26)19(28)17-14-27(21(30)32-23(4,5)6)18-13-15(24)7-8-16(17)18/h7-8,13-14H,9-12,24H2,1-6H3. The summed E-state index contributed by atoms with van der Waals surface area (Å²) < 4.78 is 12.2. The van der Waals surface area contributed by atoms with Gasteiger partial charge in [-0.2, -0.15) is 0 Å². The van der Waals surface area contributed by atoms with Crippen LogP contribution in [-0.2, 0) is 9.47 Å². The van der Waals surface area contributed by atoms with Gasteiger partial charge in [0.15, 0.2) is 0 Å². The number of nitrogens with zero attached hydrogens (tertiary/aromatic N) is 3. The highest BCUT2D eigenvalue weighted by Gasteiger charge is 2.30. The van der Waals surface area contributed by atoms with E-state index in [4.69, 9.17) is 15.2 Å². The van der Waals surface area contributed by atoms with Crippen LogP contribution in [0, 0.1) is 0 Å². The predicted octanol–water partition coefficient (Wildman–Crippen LogP) is 3.70. The number of piperazine rings is 1. The number of hydrogen-bond donors (Lipinski definition) is 1. The minimum atomic E-state index is -0.684. The van der Waals surface area contributed by atoms with Crippen LogP contribution in [0.15, 0.2) is 24.4 Å². The highest BCUT2D eigenvalue weighted by molar-refractivity contribution is 6.09. The van der Waals surface area contributed by atoms with Gasteiger partial charge in [0.05, 0.1) is 11.1 Å². The molecule has 0 aliphatic carbocycles. The van der Waals surface area contributed by atoms with Crippen LogP contribution in [0.3, 0.4) is 0 Å². The van der Waals surface area contributed by atoms with E-state index in [0.717, 1.165) is 0 Å². The van der Waals surface area contributed by atoms with Crippen LogP contribution < -0.4 is 5.73 Å². The van der Waals surface area contributed by atoms with Gasteiger partial charge in [-0.1, -0.05) is 0 Å². The zero-order valence-corrected chi connectivity index (χ0v) is 19.6. The molecular weight excluding hydrogens is 412 g/mol. The number of carbonyl (C=O) groups excluding carboxylic acids is 3. The van der Waals surface area contributed by atoms with Crippen molar-refractivity contribution in [3.8, 4) is 0 Å². The fourth-order valence-corrected chi connectivity index (χ4v) is 3.47. The normalized spacial score (nSPS) is 15.1. The Hall–Kier alpha value is -3.23. The maximum atomic E-state index is 13.3. The molecule has 32 heavy (non-hydrogen) atoms. The Morgan fingerprint density at radius 2 is 1.38 bits per heavy atom. The number of aromatic nitrogens is 1. The van der Waals surface area contributed by atoms with Gasteiger partial charge >= 0.3 is 12.2 Å². The molecule has 9 heteroatoms. The topological polar surface area (TPSA) is 107 Å². The molecule has 2 amide bonds. The average Bonchev–Trinajstić information content (AvgIpc) is 3.03. The van der Waals surface area contributed by atoms with Crippen molar-refractivity contribution in [3.63, 3.8) is 0 Å². The van der Waals surface area contributed by atoms with Crippen LogP contribution in [0.25, 0.3) is 10.9 Å². The van der Waals surface area contributed by atoms with Crippen molar-refractivity contribution in [2.24, 2.45) is 0 Å². The number of anilines is 1. The monoisotopic (exact) mass is 444 g/mol. The third kappa shape index (κ3) is 5.33. The summed E-state index contributed by atoms with van der Waals surface area (Å²) >= 11 is 0. The van der Waals surface area contributed by atoms with Crippen molar-refractivity contribution in [2.45, 2.75) is 52.7 Å². The summed E-state index contributed by atoms with van der Waals surface area (Å²) in [4.78, 5) is 41.6. The molecule has 2 N–H and O–H groups in total. The van der Waals surface area contributed by atoms with Gasteiger partial charge in [0, 0.05) is 43.4 Å². The molecule has 1 saturated heterocycles. The van der Waals surface area contributed by atoms with Gasteiger partial charge in [-0.15, -0.1) is 0 Å². The van der Waals surface area contributed by atoms with Crippen LogP contribution in [0.1, 0.15) is 51.9 Å². The Morgan fingerprint density at radius 1 is 0.844 bits per heavy atom. The molecule has 0 saturated carbocycles. The maximum Gasteiger partial charge on any atom is 0.419 e. The molecule has 1 aromatic carbocycles. The van der Waals surface area contributed by atoms with Crippen molar-refractivity contribution in [3.05, 3.63) is 30.0 Å². The Kier molecular flexibility index (Phi) is 6.13. The molecule has 1 aliphatic heterocycles. The molecule has 9 nitrogen and oxygen atoms in total. The molecule has 0 bridgehead atoms. The first-order valence-corrected chi connectivity index (χ1v) is 10.7. The first-order valence-electron chi connectivity index (χ1n) is 10.7. The first-order chi connectivity index (χ1) is 14.7. The minimum absolute atomic E-state index is 0.217. The second-order valence-electron chi connectivity index (χ2n) is 9.93. The molecule has 0 radical (unpaired) electrons. The van der Waals surface area contributed by atoms with Crippen molar-refractivity contribution in [2.75, 3.05) is 31.9 Å². The van der Waals surface area contributed by atoms with Crippen LogP contribution in [0.2, 0.25) is 0 Å². The van der Waals surface area contributed by atoms with Crippen molar-refractivity contribution in [1.29, 1.82) is 0 Å². The quantitative estimate of drug-likeness (QED) is 0.672. The summed E-state index contributed by atoms with van der Waals surface area (Å²) in [6, 6.07) is 5.07. The Morgan fingerprint density at radius 3 is 1.94 bits per heavy atom. The molecule has 3 rings (SSSR count). The molecule has 0 unspecified atom stereocenters. The van der Waals surface area contributed by atoms with Gasteiger partial charge in [-0.3, -0.25) is 9.36 Å². The third-order valence-corrected chi connectivity index (χ3v) is 4.87. The molecule has 0 spiro atoms. The molecule has 2 aromatic rings. The average molecular weight is 445 g/mol. The van der Waals surface area contributed by atoms with E-state index >= 15 is 0 Å². The largest absolute Gasteiger partial charge is 0.444 e. The Labute approximate surface area is 188 Å². The first kappa shape index (κ1) is 23.4. The minimum Gasteiger partial charge on any atom is -0.444 e. The van der Waals surface area contributed by atoms with Crippen molar-refractivity contribution in [1.82, 2.24) is 14.4 Å². The number of hydrogen-bond acceptors (Lipinski definition) is 6. The van der Waals surface area contributed by atoms with E-state index in [1.165, 1.54) is 10.8 Å². The lowest BCUT2D eigenvalue weighted by Gasteiger charge is -2.35. The Bertz CT molecular complexity index is 1040. The van der Waals surface area contributed by atoms with E-state index in [1.54, 1.807) is 48.8 Å². The lowest BCUT2D eigenvalue weighted by molar-refractivity contribution is 0.0140. The highest BCUT2D eigenvalue weighted by atomic mass is 16.6. The number of ether oxygens (including phenoxy) is 2. The van der Waals surface area contributed by atoms with Gasteiger partial charge < -0.3 is 25.0 Å². The number of amides is 2. The number of benzene rings is 1. The smallest absolute Gasteiger partial charge is 0.419 e. The van der Waals surface area contributed by atoms with E-state index in [-0.39, 0.29) is 12.0 Å². The van der Waals surface area contributed by atoms with Crippen LogP contribution in [-0.4, -0.2) is 69.8 Å². The second-order valence-corrected chi connectivity index (χ2v) is 9.93. The van der Waals surface area contributed by atoms with Gasteiger partial charge in [-0.25, -0.2) is 9.59 Å². The van der Waals surface area contributed by atoms with E-state index in [2.05, 4.69) is 0 Å². The van der Waals surface area contributed by atoms with Crippen LogP contribution >= 0.6 is 0 Å². The van der Waals surface area contributed by atoms with E-state index in [1.807, 2.05) is 20.8 Å². The van der Waals surface area contributed by atoms with Gasteiger partial charge in [-0.05, 0) is 59.7 Å². The molecule has 1 fully saturated rings. The van der Waals surface area contributed by atoms with Crippen LogP contribution in [0.4, 0.5) is 15.3 Å². The van der Waals surface area contributed by atoms with Gasteiger partial charge in [0.25, 0.3) is 5.91 Å². The zero-order valence-electron chi connectivity index (χ0n) is 19.6. The van der Waals surface area contributed by atoms with Crippen molar-refractivity contribution < 1.29 is 23.9 Å².